The molecule has 0 heterocycles. The van der Waals surface area contributed by atoms with Gasteiger partial charge in [0.25, 0.3) is 0 Å². The largest absolute Gasteiger partial charge is 0.409 e. The van der Waals surface area contributed by atoms with Crippen molar-refractivity contribution < 1.29 is 36.5 Å². The molecule has 0 radical (unpaired) electrons. The summed E-state index contributed by atoms with van der Waals surface area (Å²) in [5.41, 5.74) is 44.3. The maximum Gasteiger partial charge on any atom is 0.153 e. The number of hydrogen-bond acceptors (Lipinski definition) is 20. The lowest BCUT2D eigenvalue weighted by Crippen LogP contribution is -2.45. The van der Waals surface area contributed by atoms with E-state index in [-0.39, 0.29) is 86.7 Å². The molecule has 0 aromatic heterocycles. The van der Waals surface area contributed by atoms with Crippen LogP contribution < -0.4 is 45.9 Å². The van der Waals surface area contributed by atoms with Gasteiger partial charge < -0.3 is 82.3 Å². The van der Waals surface area contributed by atoms with Crippen LogP contribution in [-0.2, 0) is 0 Å². The number of thioether (sulfide) groups is 1. The van der Waals surface area contributed by atoms with E-state index in [1.165, 1.54) is 11.8 Å². The Morgan fingerprint density at radius 2 is 0.604 bits per heavy atom. The summed E-state index contributed by atoms with van der Waals surface area (Å²) in [5, 5.41) is 80.7. The molecule has 0 aromatic rings. The summed E-state index contributed by atoms with van der Waals surface area (Å²) >= 11 is 1.36. The Bertz CT molecular complexity index is 1050. The van der Waals surface area contributed by atoms with Crippen molar-refractivity contribution >= 4 is 52.6 Å². The standard InChI is InChI=1S/C11H25N9O3.C10H24N10O4S/c1-8(12)4-19(5-9(13)16-21)2-3-20(6-10(14)17-22)7-11(15)18-23;11-7(15-21)1-19(2-8(12)16-22)5-25-6-20(3-9(13)17-23)4-10(14)18-24/h21-23H,1-7,12H2,(H2,13,16)(H2,14,17)(H2,15,18);21-24H,1-6H2,(H2,11,15)(H2,12,16)(H2,13,17)(H2,14,18). The molecule has 23 N–H and O–H groups in total. The lowest BCUT2D eigenvalue weighted by atomic mass is 10.3. The molecule has 26 nitrogen and oxygen atoms in total. The van der Waals surface area contributed by atoms with Crippen LogP contribution in [0.2, 0.25) is 0 Å². The van der Waals surface area contributed by atoms with Crippen molar-refractivity contribution in [2.75, 3.05) is 77.2 Å². The second-order valence-electron chi connectivity index (χ2n) is 9.66. The van der Waals surface area contributed by atoms with E-state index in [9.17, 15) is 0 Å². The molecule has 0 atom stereocenters. The summed E-state index contributed by atoms with van der Waals surface area (Å²) < 4.78 is 0. The van der Waals surface area contributed by atoms with Gasteiger partial charge in [0.15, 0.2) is 40.8 Å². The number of hydrogen-bond donors (Lipinski definition) is 15. The van der Waals surface area contributed by atoms with E-state index in [4.69, 9.17) is 82.3 Å². The van der Waals surface area contributed by atoms with E-state index in [1.807, 2.05) is 0 Å². The fraction of sp³-hybridized carbons (Fsp3) is 0.571. The van der Waals surface area contributed by atoms with E-state index in [0.717, 1.165) is 0 Å². The van der Waals surface area contributed by atoms with Crippen LogP contribution in [0.1, 0.15) is 0 Å². The minimum Gasteiger partial charge on any atom is -0.409 e. The molecule has 0 aliphatic heterocycles. The molecule has 0 fully saturated rings. The third kappa shape index (κ3) is 23.9. The molecular weight excluding hydrogens is 662 g/mol. The van der Waals surface area contributed by atoms with Crippen LogP contribution >= 0.6 is 11.8 Å². The van der Waals surface area contributed by atoms with Crippen LogP contribution in [0.3, 0.4) is 0 Å². The molecule has 0 aromatic carbocycles. The molecule has 0 unspecified atom stereocenters. The zero-order valence-corrected chi connectivity index (χ0v) is 27.1. The highest BCUT2D eigenvalue weighted by atomic mass is 32.2. The average Bonchev–Trinajstić information content (AvgIpc) is 3.06. The molecule has 0 saturated heterocycles. The zero-order valence-electron chi connectivity index (χ0n) is 26.3. The van der Waals surface area contributed by atoms with E-state index < -0.39 is 0 Å². The van der Waals surface area contributed by atoms with Crippen molar-refractivity contribution in [1.82, 2.24) is 19.6 Å². The summed E-state index contributed by atoms with van der Waals surface area (Å²) in [5.74, 6) is 0.500. The van der Waals surface area contributed by atoms with E-state index in [1.54, 1.807) is 19.6 Å². The minimum absolute atomic E-state index is 0.0191. The fourth-order valence-electron chi connectivity index (χ4n) is 3.42. The molecule has 0 amide bonds. The summed E-state index contributed by atoms with van der Waals surface area (Å²) in [7, 11) is 0. The van der Waals surface area contributed by atoms with E-state index in [2.05, 4.69) is 42.7 Å². The van der Waals surface area contributed by atoms with Gasteiger partial charge in [-0.2, -0.15) is 0 Å². The van der Waals surface area contributed by atoms with Crippen LogP contribution in [0.4, 0.5) is 0 Å². The molecule has 0 spiro atoms. The Hall–Kier alpha value is -5.38. The Labute approximate surface area is 280 Å². The third-order valence-electron chi connectivity index (χ3n) is 5.31. The van der Waals surface area contributed by atoms with Gasteiger partial charge in [-0.05, 0) is 0 Å². The summed E-state index contributed by atoms with van der Waals surface area (Å²) in [6.45, 7) is 5.50. The number of nitrogens with zero attached hydrogens (tertiary/aromatic N) is 11. The highest BCUT2D eigenvalue weighted by Crippen LogP contribution is 2.07. The Balaban J connectivity index is 0. The van der Waals surface area contributed by atoms with Crippen LogP contribution in [0.5, 0.6) is 0 Å². The second-order valence-corrected chi connectivity index (χ2v) is 10.6. The Kier molecular flexibility index (Phi) is 25.0. The molecule has 0 aliphatic rings. The van der Waals surface area contributed by atoms with Crippen molar-refractivity contribution in [2.45, 2.75) is 0 Å². The number of nitrogens with two attached hydrogens (primary N) is 8. The third-order valence-corrected chi connectivity index (χ3v) is 6.40. The molecule has 48 heavy (non-hydrogen) atoms. The van der Waals surface area contributed by atoms with E-state index in [0.29, 0.717) is 37.1 Å². The molecule has 27 heteroatoms. The van der Waals surface area contributed by atoms with Gasteiger partial charge in [0.1, 0.15) is 0 Å². The van der Waals surface area contributed by atoms with Crippen molar-refractivity contribution in [2.24, 2.45) is 82.0 Å². The van der Waals surface area contributed by atoms with Gasteiger partial charge in [0.2, 0.25) is 0 Å². The predicted octanol–water partition coefficient (Wildman–Crippen LogP) is -5.47. The molecule has 276 valence electrons. The lowest BCUT2D eigenvalue weighted by molar-refractivity contribution is 0.251. The van der Waals surface area contributed by atoms with Gasteiger partial charge in [-0.1, -0.05) is 42.7 Å². The topological polar surface area (TPSA) is 449 Å². The first-order valence-electron chi connectivity index (χ1n) is 13.3. The molecular formula is C21H49N19O7S. The van der Waals surface area contributed by atoms with Crippen molar-refractivity contribution in [3.8, 4) is 0 Å². The van der Waals surface area contributed by atoms with Gasteiger partial charge in [-0.25, -0.2) is 0 Å². The Morgan fingerprint density at radius 1 is 0.396 bits per heavy atom. The fourth-order valence-corrected chi connectivity index (χ4v) is 4.38. The smallest absolute Gasteiger partial charge is 0.153 e. The molecule has 0 aliphatic carbocycles. The van der Waals surface area contributed by atoms with Crippen LogP contribution in [0.15, 0.2) is 48.4 Å². The first-order valence-corrected chi connectivity index (χ1v) is 14.5. The first kappa shape index (κ1) is 44.7. The van der Waals surface area contributed by atoms with Gasteiger partial charge in [0.05, 0.1) is 45.8 Å². The van der Waals surface area contributed by atoms with Crippen molar-refractivity contribution in [1.29, 1.82) is 0 Å². The number of rotatable bonds is 23. The molecule has 0 bridgehead atoms. The molecule has 0 saturated carbocycles. The quantitative estimate of drug-likeness (QED) is 0.0154. The normalized spacial score (nSPS) is 14.1. The highest BCUT2D eigenvalue weighted by Gasteiger charge is 2.15. The van der Waals surface area contributed by atoms with Gasteiger partial charge in [-0.3, -0.25) is 19.6 Å². The SMILES string of the molecule is C=C(N)CN(CCN(C/C(N)=N\O)C/C(N)=N\O)C/C(N)=N/O.N/C(CN(CSCN(C/C(N)=N\O)C/C(N)=N\O)C/C(N)=N/O)=N\O. The Morgan fingerprint density at radius 3 is 0.812 bits per heavy atom. The lowest BCUT2D eigenvalue weighted by Gasteiger charge is -2.26. The first-order chi connectivity index (χ1) is 22.7. The maximum absolute atomic E-state index is 8.65. The predicted molar refractivity (Wildman–Crippen MR) is 181 cm³/mol. The van der Waals surface area contributed by atoms with Crippen LogP contribution in [0, 0.1) is 0 Å². The summed E-state index contributed by atoms with van der Waals surface area (Å²) in [4.78, 5) is 6.77. The number of oxime groups is 7. The average molecular weight is 712 g/mol. The van der Waals surface area contributed by atoms with Crippen molar-refractivity contribution in [3.63, 3.8) is 0 Å². The van der Waals surface area contributed by atoms with Gasteiger partial charge in [0, 0.05) is 37.1 Å². The van der Waals surface area contributed by atoms with E-state index >= 15 is 0 Å². The van der Waals surface area contributed by atoms with Crippen LogP contribution in [-0.4, -0.2) is 174 Å². The maximum atomic E-state index is 8.65. The van der Waals surface area contributed by atoms with Gasteiger partial charge in [-0.15, -0.1) is 11.8 Å². The minimum atomic E-state index is -0.0449. The van der Waals surface area contributed by atoms with Crippen molar-refractivity contribution in [3.05, 3.63) is 12.3 Å². The monoisotopic (exact) mass is 711 g/mol. The second kappa shape index (κ2) is 26.8. The zero-order chi connectivity index (χ0) is 37.1. The van der Waals surface area contributed by atoms with Gasteiger partial charge >= 0.3 is 0 Å². The molecule has 0 rings (SSSR count). The summed E-state index contributed by atoms with van der Waals surface area (Å²) in [6, 6.07) is 0. The number of amidine groups is 7. The summed E-state index contributed by atoms with van der Waals surface area (Å²) in [6.07, 6.45) is 0. The van der Waals surface area contributed by atoms with Crippen LogP contribution in [0.25, 0.3) is 0 Å². The highest BCUT2D eigenvalue weighted by molar-refractivity contribution is 7.99.